The number of ether oxygens (including phenoxy) is 1. The van der Waals surface area contributed by atoms with Crippen molar-refractivity contribution >= 4 is 45.9 Å². The zero-order valence-corrected chi connectivity index (χ0v) is 12.8. The van der Waals surface area contributed by atoms with Crippen molar-refractivity contribution in [3.8, 4) is 0 Å². The highest BCUT2D eigenvalue weighted by Crippen LogP contribution is 2.29. The Morgan fingerprint density at radius 3 is 2.95 bits per heavy atom. The van der Waals surface area contributed by atoms with Crippen molar-refractivity contribution < 1.29 is 4.74 Å². The molecule has 1 saturated heterocycles. The lowest BCUT2D eigenvalue weighted by Gasteiger charge is -2.24. The average molecular weight is 324 g/mol. The van der Waals surface area contributed by atoms with Crippen molar-refractivity contribution in [1.82, 2.24) is 15.3 Å². The summed E-state index contributed by atoms with van der Waals surface area (Å²) < 4.78 is 5.81. The van der Waals surface area contributed by atoms with Crippen LogP contribution in [0.15, 0.2) is 30.5 Å². The predicted molar refractivity (Wildman–Crippen MR) is 87.4 cm³/mol. The van der Waals surface area contributed by atoms with Crippen LogP contribution >= 0.6 is 24.0 Å². The molecule has 4 rings (SSSR count). The number of nitrogens with one attached hydrogen (secondary N) is 2. The van der Waals surface area contributed by atoms with E-state index in [4.69, 9.17) is 16.3 Å². The Labute approximate surface area is 133 Å². The molecule has 1 fully saturated rings. The molecular formula is C15H15Cl2N3O. The molecule has 3 aromatic rings. The molecule has 4 nitrogen and oxygen atoms in total. The summed E-state index contributed by atoms with van der Waals surface area (Å²) in [7, 11) is 0. The molecule has 1 atom stereocenters. The van der Waals surface area contributed by atoms with Crippen LogP contribution in [0, 0.1) is 0 Å². The van der Waals surface area contributed by atoms with Crippen LogP contribution < -0.4 is 5.32 Å². The minimum absolute atomic E-state index is 0. The number of hydrogen-bond acceptors (Lipinski definition) is 3. The zero-order valence-electron chi connectivity index (χ0n) is 11.2. The molecule has 2 aromatic heterocycles. The number of fused-ring (bicyclic) bond motifs is 3. The summed E-state index contributed by atoms with van der Waals surface area (Å²) in [6.07, 6.45) is 1.78. The Balaban J connectivity index is 0.00000132. The minimum Gasteiger partial charge on any atom is -0.371 e. The molecule has 0 saturated carbocycles. The van der Waals surface area contributed by atoms with E-state index < -0.39 is 0 Å². The summed E-state index contributed by atoms with van der Waals surface area (Å²) >= 11 is 6.05. The molecule has 1 aromatic carbocycles. The molecule has 0 spiro atoms. The monoisotopic (exact) mass is 323 g/mol. The van der Waals surface area contributed by atoms with Gasteiger partial charge in [0.15, 0.2) is 0 Å². The first-order valence-electron chi connectivity index (χ1n) is 6.70. The van der Waals surface area contributed by atoms with Crippen molar-refractivity contribution in [1.29, 1.82) is 0 Å². The number of nitrogens with zero attached hydrogens (tertiary/aromatic N) is 1. The maximum absolute atomic E-state index is 6.05. The summed E-state index contributed by atoms with van der Waals surface area (Å²) in [5.74, 6) is 0. The number of halogens is 2. The van der Waals surface area contributed by atoms with E-state index in [1.165, 1.54) is 5.56 Å². The topological polar surface area (TPSA) is 49.9 Å². The number of hydrogen-bond donors (Lipinski definition) is 2. The second kappa shape index (κ2) is 5.81. The number of benzene rings is 1. The lowest BCUT2D eigenvalue weighted by atomic mass is 10.0. The summed E-state index contributed by atoms with van der Waals surface area (Å²) in [6, 6.07) is 8.31. The zero-order chi connectivity index (χ0) is 13.5. The van der Waals surface area contributed by atoms with Crippen LogP contribution in [0.5, 0.6) is 0 Å². The fourth-order valence-corrected chi connectivity index (χ4v) is 2.90. The van der Waals surface area contributed by atoms with Crippen LogP contribution in [0.25, 0.3) is 21.9 Å². The molecule has 21 heavy (non-hydrogen) atoms. The average Bonchev–Trinajstić information content (AvgIpc) is 2.85. The molecule has 3 heterocycles. The third-order valence-electron chi connectivity index (χ3n) is 3.74. The number of rotatable bonds is 1. The van der Waals surface area contributed by atoms with E-state index in [1.807, 2.05) is 6.07 Å². The largest absolute Gasteiger partial charge is 0.371 e. The van der Waals surface area contributed by atoms with E-state index in [2.05, 4.69) is 33.5 Å². The van der Waals surface area contributed by atoms with Crippen LogP contribution in [0.2, 0.25) is 5.02 Å². The number of morpholine rings is 1. The number of aromatic amines is 1. The van der Waals surface area contributed by atoms with Gasteiger partial charge in [-0.25, -0.2) is 4.98 Å². The van der Waals surface area contributed by atoms with E-state index in [-0.39, 0.29) is 18.5 Å². The second-order valence-electron chi connectivity index (χ2n) is 5.04. The van der Waals surface area contributed by atoms with E-state index in [0.29, 0.717) is 5.02 Å². The molecule has 0 unspecified atom stereocenters. The van der Waals surface area contributed by atoms with Gasteiger partial charge in [-0.15, -0.1) is 12.4 Å². The van der Waals surface area contributed by atoms with Gasteiger partial charge in [0.25, 0.3) is 0 Å². The van der Waals surface area contributed by atoms with Crippen LogP contribution in [-0.4, -0.2) is 29.7 Å². The SMILES string of the molecule is Cl.Clc1cnc2[nH]c3ccc([C@H]4CNCCO4)cc3c2c1. The first-order chi connectivity index (χ1) is 9.81. The van der Waals surface area contributed by atoms with Gasteiger partial charge in [0.2, 0.25) is 0 Å². The molecule has 1 aliphatic rings. The van der Waals surface area contributed by atoms with Gasteiger partial charge in [-0.05, 0) is 23.8 Å². The first-order valence-corrected chi connectivity index (χ1v) is 7.08. The third-order valence-corrected chi connectivity index (χ3v) is 3.95. The fraction of sp³-hybridized carbons (Fsp3) is 0.267. The highest BCUT2D eigenvalue weighted by molar-refractivity contribution is 6.31. The first kappa shape index (κ1) is 14.6. The Morgan fingerprint density at radius 1 is 1.24 bits per heavy atom. The number of H-pyrrole nitrogens is 1. The highest BCUT2D eigenvalue weighted by atomic mass is 35.5. The van der Waals surface area contributed by atoms with Gasteiger partial charge < -0.3 is 15.0 Å². The van der Waals surface area contributed by atoms with Crippen molar-refractivity contribution in [2.24, 2.45) is 0 Å². The lowest BCUT2D eigenvalue weighted by Crippen LogP contribution is -2.33. The van der Waals surface area contributed by atoms with Crippen molar-refractivity contribution in [3.05, 3.63) is 41.0 Å². The maximum Gasteiger partial charge on any atom is 0.138 e. The summed E-state index contributed by atoms with van der Waals surface area (Å²) in [5, 5.41) is 6.20. The molecular weight excluding hydrogens is 309 g/mol. The van der Waals surface area contributed by atoms with E-state index >= 15 is 0 Å². The summed E-state index contributed by atoms with van der Waals surface area (Å²) in [5.41, 5.74) is 3.12. The molecule has 0 bridgehead atoms. The van der Waals surface area contributed by atoms with Gasteiger partial charge in [-0.3, -0.25) is 0 Å². The Bertz CT molecular complexity index is 781. The highest BCUT2D eigenvalue weighted by Gasteiger charge is 2.17. The second-order valence-corrected chi connectivity index (χ2v) is 5.48. The maximum atomic E-state index is 6.05. The van der Waals surface area contributed by atoms with Gasteiger partial charge in [0.05, 0.1) is 17.7 Å². The third kappa shape index (κ3) is 2.60. The van der Waals surface area contributed by atoms with Crippen LogP contribution in [0.4, 0.5) is 0 Å². The summed E-state index contributed by atoms with van der Waals surface area (Å²) in [6.45, 7) is 2.53. The smallest absolute Gasteiger partial charge is 0.138 e. The Hall–Kier alpha value is -1.33. The van der Waals surface area contributed by atoms with Crippen molar-refractivity contribution in [2.45, 2.75) is 6.10 Å². The minimum atomic E-state index is 0. The van der Waals surface area contributed by atoms with Crippen LogP contribution in [-0.2, 0) is 4.74 Å². The predicted octanol–water partition coefficient (Wildman–Crippen LogP) is 3.45. The van der Waals surface area contributed by atoms with E-state index in [9.17, 15) is 0 Å². The lowest BCUT2D eigenvalue weighted by molar-refractivity contribution is 0.0278. The Morgan fingerprint density at radius 2 is 2.14 bits per heavy atom. The normalized spacial score (nSPS) is 18.8. The van der Waals surface area contributed by atoms with Gasteiger partial charge in [-0.2, -0.15) is 0 Å². The summed E-state index contributed by atoms with van der Waals surface area (Å²) in [4.78, 5) is 7.64. The molecule has 0 amide bonds. The van der Waals surface area contributed by atoms with Gasteiger partial charge in [0.1, 0.15) is 5.65 Å². The molecule has 1 aliphatic heterocycles. The Kier molecular flexibility index (Phi) is 4.04. The quantitative estimate of drug-likeness (QED) is 0.721. The van der Waals surface area contributed by atoms with Crippen molar-refractivity contribution in [3.63, 3.8) is 0 Å². The molecule has 0 radical (unpaired) electrons. The molecule has 0 aliphatic carbocycles. The van der Waals surface area contributed by atoms with Crippen LogP contribution in [0.3, 0.4) is 0 Å². The van der Waals surface area contributed by atoms with Gasteiger partial charge >= 0.3 is 0 Å². The molecule has 110 valence electrons. The van der Waals surface area contributed by atoms with Crippen LogP contribution in [0.1, 0.15) is 11.7 Å². The number of pyridine rings is 1. The number of aromatic nitrogens is 2. The fourth-order valence-electron chi connectivity index (χ4n) is 2.75. The van der Waals surface area contributed by atoms with Gasteiger partial charge in [-0.1, -0.05) is 17.7 Å². The van der Waals surface area contributed by atoms with Gasteiger partial charge in [0, 0.05) is 35.6 Å². The van der Waals surface area contributed by atoms with Crippen molar-refractivity contribution in [2.75, 3.05) is 19.7 Å². The molecule has 2 N–H and O–H groups in total. The van der Waals surface area contributed by atoms with E-state index in [0.717, 1.165) is 41.6 Å². The molecule has 6 heteroatoms. The standard InChI is InChI=1S/C15H14ClN3O.ClH/c16-10-6-12-11-5-9(14-8-17-3-4-20-14)1-2-13(11)19-15(12)18-7-10;/h1-2,5-7,14,17H,3-4,8H2,(H,18,19);1H/t14-;/m1./s1. The van der Waals surface area contributed by atoms with E-state index in [1.54, 1.807) is 6.20 Å².